The van der Waals surface area contributed by atoms with Gasteiger partial charge in [-0.25, -0.2) is 4.79 Å². The molecule has 0 aromatic heterocycles. The first-order valence-electron chi connectivity index (χ1n) is 15.1. The lowest BCUT2D eigenvalue weighted by molar-refractivity contribution is -0.192. The molecular weight excluding hydrogens is 573 g/mol. The van der Waals surface area contributed by atoms with Crippen LogP contribution in [0.2, 0.25) is 5.02 Å². The van der Waals surface area contributed by atoms with Crippen molar-refractivity contribution in [2.75, 3.05) is 32.8 Å². The topological polar surface area (TPSA) is 87.2 Å². The Hall–Kier alpha value is -2.33. The molecule has 2 aliphatic heterocycles. The Morgan fingerprint density at radius 1 is 1.02 bits per heavy atom. The van der Waals surface area contributed by atoms with Crippen molar-refractivity contribution in [3.05, 3.63) is 34.9 Å². The van der Waals surface area contributed by atoms with E-state index in [2.05, 4.69) is 35.8 Å². The number of esters is 1. The molecule has 1 aromatic rings. The summed E-state index contributed by atoms with van der Waals surface area (Å²) in [5, 5.41) is 7.85. The number of carboxylic acids is 1. The Morgan fingerprint density at radius 2 is 1.60 bits per heavy atom. The lowest BCUT2D eigenvalue weighted by atomic mass is 9.63. The zero-order chi connectivity index (χ0) is 31.1. The molecule has 1 aliphatic carbocycles. The number of carbonyl (C=O) groups is 3. The van der Waals surface area contributed by atoms with Gasteiger partial charge in [0, 0.05) is 42.5 Å². The van der Waals surface area contributed by atoms with Gasteiger partial charge >= 0.3 is 18.1 Å². The van der Waals surface area contributed by atoms with Gasteiger partial charge in [0.05, 0.1) is 12.0 Å². The summed E-state index contributed by atoms with van der Waals surface area (Å²) in [4.78, 5) is 40.6. The highest BCUT2D eigenvalue weighted by molar-refractivity contribution is 6.30. The third-order valence-corrected chi connectivity index (χ3v) is 9.52. The third kappa shape index (κ3) is 8.40. The van der Waals surface area contributed by atoms with Gasteiger partial charge in [0.25, 0.3) is 0 Å². The fourth-order valence-corrected chi connectivity index (χ4v) is 6.99. The van der Waals surface area contributed by atoms with Gasteiger partial charge in [-0.3, -0.25) is 9.59 Å². The highest BCUT2D eigenvalue weighted by Gasteiger charge is 2.50. The average Bonchev–Trinajstić information content (AvgIpc) is 2.97. The number of likely N-dealkylation sites (tertiary alicyclic amines) is 2. The molecule has 7 nitrogen and oxygen atoms in total. The maximum Gasteiger partial charge on any atom is 0.490 e. The Morgan fingerprint density at radius 3 is 2.10 bits per heavy atom. The summed E-state index contributed by atoms with van der Waals surface area (Å²) >= 11 is 6.17. The van der Waals surface area contributed by atoms with E-state index in [9.17, 15) is 22.8 Å². The predicted molar refractivity (Wildman–Crippen MR) is 154 cm³/mol. The maximum absolute atomic E-state index is 13.9. The summed E-state index contributed by atoms with van der Waals surface area (Å²) in [5.41, 5.74) is 0.780. The van der Waals surface area contributed by atoms with Crippen molar-refractivity contribution < 1.29 is 37.4 Å². The Balaban J connectivity index is 0.000000616. The van der Waals surface area contributed by atoms with E-state index in [-0.39, 0.29) is 23.7 Å². The van der Waals surface area contributed by atoms with Gasteiger partial charge < -0.3 is 19.6 Å². The van der Waals surface area contributed by atoms with Gasteiger partial charge in [-0.05, 0) is 83.0 Å². The first-order valence-corrected chi connectivity index (χ1v) is 15.4. The van der Waals surface area contributed by atoms with Crippen molar-refractivity contribution >= 4 is 29.4 Å². The minimum absolute atomic E-state index is 0.0247. The second-order valence-corrected chi connectivity index (χ2v) is 12.4. The molecule has 1 unspecified atom stereocenters. The van der Waals surface area contributed by atoms with Crippen molar-refractivity contribution in [1.29, 1.82) is 0 Å². The van der Waals surface area contributed by atoms with Crippen molar-refractivity contribution in [1.82, 2.24) is 9.80 Å². The Labute approximate surface area is 251 Å². The number of piperidine rings is 2. The van der Waals surface area contributed by atoms with Crippen LogP contribution >= 0.6 is 11.6 Å². The number of rotatable bonds is 6. The molecule has 0 bridgehead atoms. The lowest BCUT2D eigenvalue weighted by Crippen LogP contribution is -2.54. The zero-order valence-electron chi connectivity index (χ0n) is 24.8. The summed E-state index contributed by atoms with van der Waals surface area (Å²) < 4.78 is 37.3. The minimum Gasteiger partial charge on any atom is -0.475 e. The van der Waals surface area contributed by atoms with E-state index in [1.165, 1.54) is 24.8 Å². The predicted octanol–water partition coefficient (Wildman–Crippen LogP) is 6.54. The summed E-state index contributed by atoms with van der Waals surface area (Å²) in [7, 11) is 0. The van der Waals surface area contributed by atoms with Gasteiger partial charge in [0.15, 0.2) is 0 Å². The van der Waals surface area contributed by atoms with Crippen LogP contribution in [0.4, 0.5) is 13.2 Å². The van der Waals surface area contributed by atoms with E-state index in [1.54, 1.807) is 0 Å². The number of amides is 1. The smallest absolute Gasteiger partial charge is 0.475 e. The van der Waals surface area contributed by atoms with Gasteiger partial charge in [-0.2, -0.15) is 13.2 Å². The molecule has 0 radical (unpaired) electrons. The molecule has 2 heterocycles. The average molecular weight is 617 g/mol. The molecule has 1 N–H and O–H groups in total. The van der Waals surface area contributed by atoms with E-state index >= 15 is 0 Å². The van der Waals surface area contributed by atoms with Crippen molar-refractivity contribution in [3.8, 4) is 0 Å². The van der Waals surface area contributed by atoms with Crippen LogP contribution in [0.5, 0.6) is 0 Å². The first kappa shape index (κ1) is 34.2. The van der Waals surface area contributed by atoms with Crippen LogP contribution in [-0.4, -0.2) is 77.8 Å². The molecule has 2 atom stereocenters. The van der Waals surface area contributed by atoms with Gasteiger partial charge in [0.1, 0.15) is 0 Å². The van der Waals surface area contributed by atoms with E-state index < -0.39 is 17.6 Å². The largest absolute Gasteiger partial charge is 0.490 e. The van der Waals surface area contributed by atoms with Crippen molar-refractivity contribution in [3.63, 3.8) is 0 Å². The summed E-state index contributed by atoms with van der Waals surface area (Å²) in [5.74, 6) is -2.00. The number of ether oxygens (including phenoxy) is 1. The summed E-state index contributed by atoms with van der Waals surface area (Å²) in [6.07, 6.45) is 3.14. The van der Waals surface area contributed by atoms with Gasteiger partial charge in [0.2, 0.25) is 5.91 Å². The third-order valence-electron chi connectivity index (χ3n) is 9.27. The van der Waals surface area contributed by atoms with Crippen molar-refractivity contribution in [2.24, 2.45) is 17.3 Å². The van der Waals surface area contributed by atoms with E-state index in [0.717, 1.165) is 50.2 Å². The number of benzene rings is 1. The minimum atomic E-state index is -5.08. The first-order chi connectivity index (χ1) is 19.8. The molecule has 11 heteroatoms. The van der Waals surface area contributed by atoms with E-state index in [0.29, 0.717) is 31.7 Å². The summed E-state index contributed by atoms with van der Waals surface area (Å²) in [6.45, 7) is 9.92. The number of halogens is 4. The zero-order valence-corrected chi connectivity index (χ0v) is 25.6. The van der Waals surface area contributed by atoms with E-state index in [1.807, 2.05) is 19.1 Å². The molecule has 3 aliphatic rings. The number of carbonyl (C=O) groups excluding carboxylic acids is 2. The summed E-state index contributed by atoms with van der Waals surface area (Å²) in [6, 6.07) is 8.50. The van der Waals surface area contributed by atoms with Gasteiger partial charge in [-0.1, -0.05) is 43.0 Å². The van der Waals surface area contributed by atoms with Crippen LogP contribution in [0.25, 0.3) is 0 Å². The Kier molecular flexibility index (Phi) is 12.1. The molecule has 1 aromatic carbocycles. The molecule has 3 fully saturated rings. The molecule has 236 valence electrons. The number of carboxylic acid groups (broad SMARTS) is 1. The molecule has 1 saturated carbocycles. The lowest BCUT2D eigenvalue weighted by Gasteiger charge is -2.47. The molecule has 1 amide bonds. The SMILES string of the molecule is CCOC(=O)C1(C2CCCCC2)CCN(C(=O)C2CCN(C(C)C)C[C@@H]2c2ccc(Cl)cc2)CC1.O=C(O)C(F)(F)F. The van der Waals surface area contributed by atoms with Gasteiger partial charge in [-0.15, -0.1) is 0 Å². The quantitative estimate of drug-likeness (QED) is 0.365. The highest BCUT2D eigenvalue weighted by Crippen LogP contribution is 2.47. The van der Waals surface area contributed by atoms with Crippen LogP contribution in [0.15, 0.2) is 24.3 Å². The number of hydrogen-bond donors (Lipinski definition) is 1. The Bertz CT molecular complexity index is 1050. The molecule has 42 heavy (non-hydrogen) atoms. The number of nitrogens with zero attached hydrogens (tertiary/aromatic N) is 2. The highest BCUT2D eigenvalue weighted by atomic mass is 35.5. The number of alkyl halides is 3. The van der Waals surface area contributed by atoms with Crippen LogP contribution in [0.1, 0.15) is 83.6 Å². The van der Waals surface area contributed by atoms with Crippen LogP contribution < -0.4 is 0 Å². The second kappa shape index (κ2) is 14.9. The van der Waals surface area contributed by atoms with Crippen LogP contribution in [0.3, 0.4) is 0 Å². The molecular formula is C31H44ClF3N2O5. The second-order valence-electron chi connectivity index (χ2n) is 12.0. The maximum atomic E-state index is 13.9. The standard InChI is InChI=1S/C29H43ClN2O3.C2HF3O2/c1-4-35-28(34)29(23-8-6-5-7-9-23)15-18-31(19-16-29)27(33)25-14-17-32(21(2)3)20-26(25)22-10-12-24(30)13-11-22;3-2(4,5)1(6)7/h10-13,21,23,25-26H,4-9,14-20H2,1-3H3;(H,6,7)/t25?,26-;/m1./s1. The monoisotopic (exact) mass is 616 g/mol. The number of aliphatic carboxylic acids is 1. The fourth-order valence-electron chi connectivity index (χ4n) is 6.86. The fraction of sp³-hybridized carbons (Fsp3) is 0.710. The molecule has 0 spiro atoms. The normalized spacial score (nSPS) is 23.6. The van der Waals surface area contributed by atoms with E-state index in [4.69, 9.17) is 26.2 Å². The molecule has 2 saturated heterocycles. The number of hydrogen-bond acceptors (Lipinski definition) is 5. The molecule has 4 rings (SSSR count). The van der Waals surface area contributed by atoms with Crippen LogP contribution in [0, 0.1) is 17.3 Å². The van der Waals surface area contributed by atoms with Crippen molar-refractivity contribution in [2.45, 2.75) is 90.3 Å². The van der Waals surface area contributed by atoms with Crippen LogP contribution in [-0.2, 0) is 19.1 Å².